The van der Waals surface area contributed by atoms with Crippen molar-refractivity contribution in [3.8, 4) is 5.88 Å². The number of nitrogens with one attached hydrogen (secondary N) is 1. The van der Waals surface area contributed by atoms with Crippen molar-refractivity contribution >= 4 is 6.09 Å². The summed E-state index contributed by atoms with van der Waals surface area (Å²) in [7, 11) is 4.32. The van der Waals surface area contributed by atoms with E-state index >= 15 is 0 Å². The molecular formula is C21H29N3O3. The predicted octanol–water partition coefficient (Wildman–Crippen LogP) is 4.18. The van der Waals surface area contributed by atoms with Crippen molar-refractivity contribution in [2.75, 3.05) is 20.6 Å². The molecule has 1 fully saturated rings. The zero-order chi connectivity index (χ0) is 19.2. The van der Waals surface area contributed by atoms with Crippen LogP contribution >= 0.6 is 0 Å². The van der Waals surface area contributed by atoms with Crippen molar-refractivity contribution < 1.29 is 14.1 Å². The summed E-state index contributed by atoms with van der Waals surface area (Å²) in [5, 5.41) is 6.52. The highest BCUT2D eigenvalue weighted by molar-refractivity contribution is 5.69. The third kappa shape index (κ3) is 5.32. The SMILES string of the molecule is Cc1cc(OC(=O)NCC2CCC(C(c3ccccc3)N(C)C)CC2)no1. The van der Waals surface area contributed by atoms with Gasteiger partial charge in [-0.15, -0.1) is 0 Å². The Kier molecular flexibility index (Phi) is 6.50. The average molecular weight is 371 g/mol. The van der Waals surface area contributed by atoms with Crippen LogP contribution in [0.15, 0.2) is 40.9 Å². The molecule has 6 heteroatoms. The van der Waals surface area contributed by atoms with E-state index in [1.807, 2.05) is 0 Å². The Morgan fingerprint density at radius 3 is 2.56 bits per heavy atom. The first-order valence-electron chi connectivity index (χ1n) is 9.63. The van der Waals surface area contributed by atoms with Gasteiger partial charge in [-0.05, 0) is 69.3 Å². The van der Waals surface area contributed by atoms with Crippen molar-refractivity contribution in [1.82, 2.24) is 15.4 Å². The Hall–Kier alpha value is -2.34. The molecule has 1 atom stereocenters. The number of aromatic nitrogens is 1. The molecule has 2 aromatic rings. The molecule has 1 amide bonds. The van der Waals surface area contributed by atoms with E-state index in [2.05, 4.69) is 59.8 Å². The van der Waals surface area contributed by atoms with Gasteiger partial charge in [0.25, 0.3) is 5.88 Å². The van der Waals surface area contributed by atoms with Crippen LogP contribution in [-0.4, -0.2) is 36.8 Å². The molecular weight excluding hydrogens is 342 g/mol. The minimum absolute atomic E-state index is 0.199. The molecule has 3 rings (SSSR count). The van der Waals surface area contributed by atoms with Gasteiger partial charge in [0.2, 0.25) is 0 Å². The molecule has 0 spiro atoms. The Morgan fingerprint density at radius 2 is 1.96 bits per heavy atom. The number of hydrogen-bond acceptors (Lipinski definition) is 5. The fourth-order valence-electron chi connectivity index (χ4n) is 4.10. The van der Waals surface area contributed by atoms with E-state index in [0.29, 0.717) is 30.2 Å². The highest BCUT2D eigenvalue weighted by Gasteiger charge is 2.30. The van der Waals surface area contributed by atoms with Crippen LogP contribution < -0.4 is 10.1 Å². The Balaban J connectivity index is 1.46. The third-order valence-electron chi connectivity index (χ3n) is 5.37. The van der Waals surface area contributed by atoms with Crippen LogP contribution in [0, 0.1) is 18.8 Å². The number of benzene rings is 1. The van der Waals surface area contributed by atoms with Gasteiger partial charge in [0.15, 0.2) is 0 Å². The number of carbonyl (C=O) groups is 1. The molecule has 1 aliphatic carbocycles. The van der Waals surface area contributed by atoms with Crippen LogP contribution in [0.25, 0.3) is 0 Å². The van der Waals surface area contributed by atoms with Crippen LogP contribution in [0.3, 0.4) is 0 Å². The number of hydrogen-bond donors (Lipinski definition) is 1. The molecule has 1 saturated carbocycles. The van der Waals surface area contributed by atoms with Gasteiger partial charge in [0.1, 0.15) is 5.76 Å². The molecule has 1 heterocycles. The highest BCUT2D eigenvalue weighted by atomic mass is 16.6. The van der Waals surface area contributed by atoms with E-state index in [0.717, 1.165) is 12.8 Å². The summed E-state index contributed by atoms with van der Waals surface area (Å²) >= 11 is 0. The largest absolute Gasteiger partial charge is 0.414 e. The standard InChI is InChI=1S/C21H29N3O3/c1-15-13-19(23-27-15)26-21(25)22-14-16-9-11-18(12-10-16)20(24(2)3)17-7-5-4-6-8-17/h4-8,13,16,18,20H,9-12,14H2,1-3H3,(H,22,25). The van der Waals surface area contributed by atoms with Crippen molar-refractivity contribution in [3.63, 3.8) is 0 Å². The normalized spacial score (nSPS) is 21.0. The lowest BCUT2D eigenvalue weighted by Gasteiger charge is -2.37. The first-order chi connectivity index (χ1) is 13.0. The van der Waals surface area contributed by atoms with Gasteiger partial charge in [-0.1, -0.05) is 30.3 Å². The third-order valence-corrected chi connectivity index (χ3v) is 5.37. The van der Waals surface area contributed by atoms with Gasteiger partial charge >= 0.3 is 6.09 Å². The van der Waals surface area contributed by atoms with E-state index < -0.39 is 6.09 Å². The Bertz CT molecular complexity index is 721. The van der Waals surface area contributed by atoms with Crippen LogP contribution in [0.2, 0.25) is 0 Å². The molecule has 1 aromatic carbocycles. The van der Waals surface area contributed by atoms with Crippen molar-refractivity contribution in [1.29, 1.82) is 0 Å². The summed E-state index contributed by atoms with van der Waals surface area (Å²) in [4.78, 5) is 14.2. The number of nitrogens with zero attached hydrogens (tertiary/aromatic N) is 2. The minimum atomic E-state index is -0.471. The molecule has 0 aliphatic heterocycles. The number of aryl methyl sites for hydroxylation is 1. The Morgan fingerprint density at radius 1 is 1.26 bits per heavy atom. The topological polar surface area (TPSA) is 67.6 Å². The Labute approximate surface area is 160 Å². The van der Waals surface area contributed by atoms with Crippen LogP contribution in [0.1, 0.15) is 43.0 Å². The lowest BCUT2D eigenvalue weighted by atomic mass is 9.76. The maximum atomic E-state index is 11.9. The predicted molar refractivity (Wildman–Crippen MR) is 104 cm³/mol. The summed E-state index contributed by atoms with van der Waals surface area (Å²) < 4.78 is 10.0. The van der Waals surface area contributed by atoms with Gasteiger partial charge in [0.05, 0.1) is 0 Å². The highest BCUT2D eigenvalue weighted by Crippen LogP contribution is 2.39. The lowest BCUT2D eigenvalue weighted by molar-refractivity contribution is 0.146. The molecule has 1 unspecified atom stereocenters. The summed E-state index contributed by atoms with van der Waals surface area (Å²) in [5.41, 5.74) is 1.38. The average Bonchev–Trinajstić information content (AvgIpc) is 3.06. The summed E-state index contributed by atoms with van der Waals surface area (Å²) in [6, 6.07) is 12.8. The van der Waals surface area contributed by atoms with Crippen LogP contribution in [0.4, 0.5) is 4.79 Å². The van der Waals surface area contributed by atoms with E-state index in [-0.39, 0.29) is 5.88 Å². The second kappa shape index (κ2) is 9.04. The van der Waals surface area contributed by atoms with Crippen LogP contribution in [0.5, 0.6) is 5.88 Å². The van der Waals surface area contributed by atoms with E-state index in [4.69, 9.17) is 9.26 Å². The first-order valence-corrected chi connectivity index (χ1v) is 9.63. The number of amides is 1. The van der Waals surface area contributed by atoms with Crippen molar-refractivity contribution in [2.24, 2.45) is 11.8 Å². The number of ether oxygens (including phenoxy) is 1. The summed E-state index contributed by atoms with van der Waals surface area (Å²) in [6.07, 6.45) is 4.10. The van der Waals surface area contributed by atoms with Gasteiger partial charge in [0, 0.05) is 18.7 Å². The smallest absolute Gasteiger partial charge is 0.388 e. The lowest BCUT2D eigenvalue weighted by Crippen LogP contribution is -2.35. The van der Waals surface area contributed by atoms with Gasteiger partial charge in [-0.3, -0.25) is 0 Å². The molecule has 0 saturated heterocycles. The second-order valence-corrected chi connectivity index (χ2v) is 7.65. The molecule has 27 heavy (non-hydrogen) atoms. The van der Waals surface area contributed by atoms with Gasteiger partial charge in [-0.25, -0.2) is 4.79 Å². The zero-order valence-corrected chi connectivity index (χ0v) is 16.4. The van der Waals surface area contributed by atoms with E-state index in [9.17, 15) is 4.79 Å². The van der Waals surface area contributed by atoms with Crippen molar-refractivity contribution in [2.45, 2.75) is 38.6 Å². The maximum absolute atomic E-state index is 11.9. The molecule has 0 bridgehead atoms. The quantitative estimate of drug-likeness (QED) is 0.825. The van der Waals surface area contributed by atoms with Gasteiger partial charge < -0.3 is 19.5 Å². The van der Waals surface area contributed by atoms with Gasteiger partial charge in [-0.2, -0.15) is 0 Å². The first kappa shape index (κ1) is 19.4. The molecule has 1 N–H and O–H groups in total. The summed E-state index contributed by atoms with van der Waals surface area (Å²) in [6.45, 7) is 2.40. The summed E-state index contributed by atoms with van der Waals surface area (Å²) in [5.74, 6) is 1.95. The molecule has 1 aromatic heterocycles. The van der Waals surface area contributed by atoms with Crippen LogP contribution in [-0.2, 0) is 0 Å². The molecule has 146 valence electrons. The van der Waals surface area contributed by atoms with E-state index in [1.54, 1.807) is 13.0 Å². The minimum Gasteiger partial charge on any atom is -0.388 e. The molecule has 0 radical (unpaired) electrons. The number of rotatable bonds is 6. The molecule has 1 aliphatic rings. The second-order valence-electron chi connectivity index (χ2n) is 7.65. The zero-order valence-electron chi connectivity index (χ0n) is 16.4. The van der Waals surface area contributed by atoms with Crippen molar-refractivity contribution in [3.05, 3.63) is 47.7 Å². The fourth-order valence-corrected chi connectivity index (χ4v) is 4.10. The maximum Gasteiger partial charge on any atom is 0.414 e. The molecule has 6 nitrogen and oxygen atoms in total. The van der Waals surface area contributed by atoms with E-state index in [1.165, 1.54) is 18.4 Å². The monoisotopic (exact) mass is 371 g/mol. The number of carbonyl (C=O) groups excluding carboxylic acids is 1. The fraction of sp³-hybridized carbons (Fsp3) is 0.524.